The molecule has 98 valence electrons. The first-order valence-corrected chi connectivity index (χ1v) is 6.97. The van der Waals surface area contributed by atoms with Crippen LogP contribution < -0.4 is 10.6 Å². The summed E-state index contributed by atoms with van der Waals surface area (Å²) < 4.78 is 0. The molecular weight excluding hydrogens is 214 g/mol. The van der Waals surface area contributed by atoms with E-state index >= 15 is 0 Å². The summed E-state index contributed by atoms with van der Waals surface area (Å²) >= 11 is 0. The third-order valence-electron chi connectivity index (χ3n) is 4.16. The van der Waals surface area contributed by atoms with Crippen molar-refractivity contribution in [3.8, 4) is 0 Å². The van der Waals surface area contributed by atoms with Crippen molar-refractivity contribution in [1.82, 2.24) is 15.5 Å². The van der Waals surface area contributed by atoms with Gasteiger partial charge < -0.3 is 10.6 Å². The summed E-state index contributed by atoms with van der Waals surface area (Å²) in [6.45, 7) is 9.08. The molecule has 0 bridgehead atoms. The van der Waals surface area contributed by atoms with E-state index in [4.69, 9.17) is 0 Å². The summed E-state index contributed by atoms with van der Waals surface area (Å²) in [5, 5.41) is 6.44. The Hall–Kier alpha value is -0.610. The second-order valence-corrected chi connectivity index (χ2v) is 5.34. The molecule has 0 aromatic carbocycles. The van der Waals surface area contributed by atoms with E-state index in [2.05, 4.69) is 29.4 Å². The largest absolute Gasteiger partial charge is 0.355 e. The zero-order valence-electron chi connectivity index (χ0n) is 11.0. The summed E-state index contributed by atoms with van der Waals surface area (Å²) in [6, 6.07) is 0.599. The van der Waals surface area contributed by atoms with Gasteiger partial charge in [-0.25, -0.2) is 0 Å². The molecule has 4 heteroatoms. The maximum absolute atomic E-state index is 11.8. The van der Waals surface area contributed by atoms with Crippen LogP contribution in [0, 0.1) is 11.8 Å². The molecule has 4 nitrogen and oxygen atoms in total. The fourth-order valence-corrected chi connectivity index (χ4v) is 3.36. The van der Waals surface area contributed by atoms with Crippen molar-refractivity contribution in [2.24, 2.45) is 11.8 Å². The van der Waals surface area contributed by atoms with Crippen molar-refractivity contribution in [2.75, 3.05) is 32.7 Å². The number of hydrogen-bond donors (Lipinski definition) is 2. The molecule has 2 aliphatic heterocycles. The molecule has 3 atom stereocenters. The van der Waals surface area contributed by atoms with Crippen LogP contribution in [0.15, 0.2) is 0 Å². The molecule has 0 aromatic heterocycles. The average Bonchev–Trinajstić information content (AvgIpc) is 2.86. The van der Waals surface area contributed by atoms with E-state index in [9.17, 15) is 4.79 Å². The van der Waals surface area contributed by atoms with Crippen LogP contribution in [0.3, 0.4) is 0 Å². The number of fused-ring (bicyclic) bond motifs is 1. The minimum atomic E-state index is 0.193. The molecule has 0 radical (unpaired) electrons. The van der Waals surface area contributed by atoms with E-state index in [0.717, 1.165) is 50.9 Å². The van der Waals surface area contributed by atoms with E-state index in [1.807, 2.05) is 0 Å². The lowest BCUT2D eigenvalue weighted by Crippen LogP contribution is -2.42. The molecule has 0 saturated carbocycles. The first kappa shape index (κ1) is 12.8. The highest BCUT2D eigenvalue weighted by molar-refractivity contribution is 5.78. The van der Waals surface area contributed by atoms with Crippen LogP contribution in [0.2, 0.25) is 0 Å². The van der Waals surface area contributed by atoms with Crippen molar-refractivity contribution >= 4 is 5.91 Å². The number of carbonyl (C=O) groups excluding carboxylic acids is 1. The second-order valence-electron chi connectivity index (χ2n) is 5.34. The highest BCUT2D eigenvalue weighted by Crippen LogP contribution is 2.33. The van der Waals surface area contributed by atoms with Crippen molar-refractivity contribution in [2.45, 2.75) is 32.7 Å². The standard InChI is InChI=1S/C13H25N3O/c1-3-5-15-13(17)9-16-8-10-6-14-7-11(10)12(16)4-2/h10-12,14H,3-9H2,1-2H3,(H,15,17). The van der Waals surface area contributed by atoms with E-state index < -0.39 is 0 Å². The normalized spacial score (nSPS) is 32.7. The van der Waals surface area contributed by atoms with Crippen LogP contribution >= 0.6 is 0 Å². The Morgan fingerprint density at radius 1 is 1.41 bits per heavy atom. The van der Waals surface area contributed by atoms with Gasteiger partial charge >= 0.3 is 0 Å². The van der Waals surface area contributed by atoms with E-state index in [-0.39, 0.29) is 5.91 Å². The van der Waals surface area contributed by atoms with Crippen molar-refractivity contribution in [1.29, 1.82) is 0 Å². The molecule has 2 aliphatic rings. The van der Waals surface area contributed by atoms with Gasteiger partial charge in [-0.15, -0.1) is 0 Å². The fraction of sp³-hybridized carbons (Fsp3) is 0.923. The van der Waals surface area contributed by atoms with Crippen LogP contribution in [0.25, 0.3) is 0 Å². The molecule has 2 rings (SSSR count). The summed E-state index contributed by atoms with van der Waals surface area (Å²) in [5.74, 6) is 1.72. The molecular formula is C13H25N3O. The van der Waals surface area contributed by atoms with Crippen molar-refractivity contribution < 1.29 is 4.79 Å². The molecule has 0 spiro atoms. The Morgan fingerprint density at radius 2 is 2.24 bits per heavy atom. The maximum Gasteiger partial charge on any atom is 0.234 e. The molecule has 17 heavy (non-hydrogen) atoms. The Labute approximate surface area is 104 Å². The number of likely N-dealkylation sites (tertiary alicyclic amines) is 1. The van der Waals surface area contributed by atoms with Crippen LogP contribution in [0.1, 0.15) is 26.7 Å². The Morgan fingerprint density at radius 3 is 2.94 bits per heavy atom. The molecule has 0 aromatic rings. The van der Waals surface area contributed by atoms with Gasteiger partial charge in [0.25, 0.3) is 0 Å². The summed E-state index contributed by atoms with van der Waals surface area (Å²) in [5.41, 5.74) is 0. The Bertz CT molecular complexity index is 269. The summed E-state index contributed by atoms with van der Waals surface area (Å²) in [6.07, 6.45) is 2.17. The number of hydrogen-bond acceptors (Lipinski definition) is 3. The predicted molar refractivity (Wildman–Crippen MR) is 68.8 cm³/mol. The number of nitrogens with one attached hydrogen (secondary N) is 2. The summed E-state index contributed by atoms with van der Waals surface area (Å²) in [7, 11) is 0. The van der Waals surface area contributed by atoms with Gasteiger partial charge in [0, 0.05) is 19.1 Å². The van der Waals surface area contributed by atoms with E-state index in [0.29, 0.717) is 12.6 Å². The SMILES string of the molecule is CCCNC(=O)CN1CC2CNCC2C1CC. The number of rotatable bonds is 5. The van der Waals surface area contributed by atoms with Gasteiger partial charge in [0.2, 0.25) is 5.91 Å². The quantitative estimate of drug-likeness (QED) is 0.732. The molecule has 0 aliphatic carbocycles. The Balaban J connectivity index is 1.86. The minimum absolute atomic E-state index is 0.193. The van der Waals surface area contributed by atoms with Crippen LogP contribution in [0.5, 0.6) is 0 Å². The first-order chi connectivity index (χ1) is 8.26. The number of nitrogens with zero attached hydrogens (tertiary/aromatic N) is 1. The zero-order valence-corrected chi connectivity index (χ0v) is 11.0. The second kappa shape index (κ2) is 5.83. The maximum atomic E-state index is 11.8. The smallest absolute Gasteiger partial charge is 0.234 e. The third-order valence-corrected chi connectivity index (χ3v) is 4.16. The monoisotopic (exact) mass is 239 g/mol. The average molecular weight is 239 g/mol. The molecule has 2 fully saturated rings. The minimum Gasteiger partial charge on any atom is -0.355 e. The lowest BCUT2D eigenvalue weighted by molar-refractivity contribution is -0.122. The van der Waals surface area contributed by atoms with Gasteiger partial charge in [0.1, 0.15) is 0 Å². The lowest BCUT2D eigenvalue weighted by atomic mass is 9.93. The number of carbonyl (C=O) groups is 1. The molecule has 2 heterocycles. The molecule has 2 N–H and O–H groups in total. The lowest BCUT2D eigenvalue weighted by Gasteiger charge is -2.26. The topological polar surface area (TPSA) is 44.4 Å². The molecule has 2 saturated heterocycles. The predicted octanol–water partition coefficient (Wildman–Crippen LogP) is 0.442. The van der Waals surface area contributed by atoms with Crippen LogP contribution in [0.4, 0.5) is 0 Å². The van der Waals surface area contributed by atoms with E-state index in [1.54, 1.807) is 0 Å². The van der Waals surface area contributed by atoms with Gasteiger partial charge in [-0.3, -0.25) is 9.69 Å². The van der Waals surface area contributed by atoms with Gasteiger partial charge in [0.05, 0.1) is 6.54 Å². The fourth-order valence-electron chi connectivity index (χ4n) is 3.36. The molecule has 3 unspecified atom stereocenters. The third kappa shape index (κ3) is 2.80. The highest BCUT2D eigenvalue weighted by Gasteiger charge is 2.43. The van der Waals surface area contributed by atoms with Crippen molar-refractivity contribution in [3.63, 3.8) is 0 Å². The molecule has 1 amide bonds. The van der Waals surface area contributed by atoms with Crippen LogP contribution in [-0.4, -0.2) is 49.6 Å². The van der Waals surface area contributed by atoms with Gasteiger partial charge in [-0.1, -0.05) is 13.8 Å². The Kier molecular flexibility index (Phi) is 4.40. The highest BCUT2D eigenvalue weighted by atomic mass is 16.2. The van der Waals surface area contributed by atoms with Gasteiger partial charge in [-0.2, -0.15) is 0 Å². The van der Waals surface area contributed by atoms with Gasteiger partial charge in [-0.05, 0) is 37.8 Å². The summed E-state index contributed by atoms with van der Waals surface area (Å²) in [4.78, 5) is 14.2. The van der Waals surface area contributed by atoms with Crippen LogP contribution in [-0.2, 0) is 4.79 Å². The first-order valence-electron chi connectivity index (χ1n) is 6.97. The number of amides is 1. The zero-order chi connectivity index (χ0) is 12.3. The van der Waals surface area contributed by atoms with Crippen molar-refractivity contribution in [3.05, 3.63) is 0 Å². The van der Waals surface area contributed by atoms with E-state index in [1.165, 1.54) is 0 Å². The van der Waals surface area contributed by atoms with Gasteiger partial charge in [0.15, 0.2) is 0 Å².